The molecule has 2 fully saturated rings. The second-order valence-corrected chi connectivity index (χ2v) is 10.1. The largest absolute Gasteiger partial charge is 0.492 e. The first kappa shape index (κ1) is 25.9. The van der Waals surface area contributed by atoms with Gasteiger partial charge in [0.1, 0.15) is 12.4 Å². The Balaban J connectivity index is 1.02. The van der Waals surface area contributed by atoms with Crippen molar-refractivity contribution in [2.45, 2.75) is 25.4 Å². The number of amides is 2. The minimum absolute atomic E-state index is 0.0789. The lowest BCUT2D eigenvalue weighted by Crippen LogP contribution is -2.49. The first-order chi connectivity index (χ1) is 18.5. The quantitative estimate of drug-likeness (QED) is 0.446. The van der Waals surface area contributed by atoms with Gasteiger partial charge in [-0.05, 0) is 55.4 Å². The van der Waals surface area contributed by atoms with Gasteiger partial charge >= 0.3 is 0 Å². The number of piperazine rings is 1. The lowest BCUT2D eigenvalue weighted by atomic mass is 10.1. The molecule has 38 heavy (non-hydrogen) atoms. The van der Waals surface area contributed by atoms with Gasteiger partial charge in [-0.1, -0.05) is 12.1 Å². The van der Waals surface area contributed by atoms with Crippen molar-refractivity contribution in [3.05, 3.63) is 78.4 Å². The van der Waals surface area contributed by atoms with E-state index < -0.39 is 0 Å². The van der Waals surface area contributed by atoms with E-state index in [0.717, 1.165) is 50.6 Å². The Hall–Kier alpha value is -3.69. The van der Waals surface area contributed by atoms with E-state index in [1.807, 2.05) is 52.1 Å². The molecule has 1 N–H and O–H groups in total. The first-order valence-electron chi connectivity index (χ1n) is 13.3. The summed E-state index contributed by atoms with van der Waals surface area (Å²) >= 11 is 0. The molecule has 1 atom stereocenters. The van der Waals surface area contributed by atoms with E-state index in [0.29, 0.717) is 31.7 Å². The molecule has 200 valence electrons. The van der Waals surface area contributed by atoms with Gasteiger partial charge in [0.15, 0.2) is 0 Å². The number of hydrogen-bond acceptors (Lipinski definition) is 6. The van der Waals surface area contributed by atoms with Crippen LogP contribution in [0.2, 0.25) is 0 Å². The summed E-state index contributed by atoms with van der Waals surface area (Å²) in [6, 6.07) is 16.1. The van der Waals surface area contributed by atoms with Crippen LogP contribution in [-0.2, 0) is 11.3 Å². The molecule has 0 bridgehead atoms. The minimum Gasteiger partial charge on any atom is -0.492 e. The predicted octanol–water partition coefficient (Wildman–Crippen LogP) is 2.42. The molecule has 2 aliphatic heterocycles. The molecule has 2 saturated heterocycles. The Morgan fingerprint density at radius 1 is 1.13 bits per heavy atom. The number of hydrogen-bond donors (Lipinski definition) is 1. The monoisotopic (exact) mass is 516 g/mol. The molecule has 3 aromatic rings. The third kappa shape index (κ3) is 6.79. The molecule has 0 saturated carbocycles. The summed E-state index contributed by atoms with van der Waals surface area (Å²) < 4.78 is 7.98. The molecule has 3 heterocycles. The van der Waals surface area contributed by atoms with Gasteiger partial charge in [-0.15, -0.1) is 0 Å². The molecule has 2 aromatic carbocycles. The van der Waals surface area contributed by atoms with Crippen LogP contribution in [0.3, 0.4) is 0 Å². The van der Waals surface area contributed by atoms with Crippen molar-refractivity contribution in [2.24, 2.45) is 0 Å². The maximum absolute atomic E-state index is 13.0. The number of rotatable bonds is 10. The molecule has 5 rings (SSSR count). The average Bonchev–Trinajstić information content (AvgIpc) is 3.61. The molecule has 1 aromatic heterocycles. The van der Waals surface area contributed by atoms with Crippen molar-refractivity contribution >= 4 is 11.8 Å². The number of carbonyl (C=O) groups is 2. The molecule has 2 aliphatic rings. The zero-order chi connectivity index (χ0) is 26.3. The molecular formula is C29H36N6O3. The summed E-state index contributed by atoms with van der Waals surface area (Å²) in [4.78, 5) is 35.0. The smallest absolute Gasteiger partial charge is 0.253 e. The van der Waals surface area contributed by atoms with Crippen molar-refractivity contribution in [3.8, 4) is 11.4 Å². The summed E-state index contributed by atoms with van der Waals surface area (Å²) in [5, 5.41) is 3.03. The molecule has 2 amide bonds. The number of carbonyl (C=O) groups excluding carboxylic acids is 2. The fraction of sp³-hybridized carbons (Fsp3) is 0.414. The topological polar surface area (TPSA) is 82.9 Å². The van der Waals surface area contributed by atoms with Crippen LogP contribution in [0.5, 0.6) is 5.75 Å². The van der Waals surface area contributed by atoms with Gasteiger partial charge in [-0.25, -0.2) is 4.98 Å². The number of imidazole rings is 1. The number of nitrogens with one attached hydrogen (secondary N) is 1. The Bertz CT molecular complexity index is 1210. The summed E-state index contributed by atoms with van der Waals surface area (Å²) in [5.74, 6) is 1.11. The molecular weight excluding hydrogens is 480 g/mol. The minimum atomic E-state index is 0.0789. The van der Waals surface area contributed by atoms with Crippen LogP contribution in [0.25, 0.3) is 5.69 Å². The molecule has 9 nitrogen and oxygen atoms in total. The summed E-state index contributed by atoms with van der Waals surface area (Å²) in [6.07, 6.45) is 6.91. The first-order valence-corrected chi connectivity index (χ1v) is 13.3. The number of benzene rings is 2. The van der Waals surface area contributed by atoms with E-state index in [9.17, 15) is 9.59 Å². The molecule has 1 unspecified atom stereocenters. The van der Waals surface area contributed by atoms with Crippen LogP contribution in [-0.4, -0.2) is 95.0 Å². The third-order valence-corrected chi connectivity index (χ3v) is 7.22. The summed E-state index contributed by atoms with van der Waals surface area (Å²) in [6.45, 7) is 6.20. The van der Waals surface area contributed by atoms with Gasteiger partial charge in [0, 0.05) is 81.9 Å². The number of likely N-dealkylation sites (N-methyl/N-ethyl adjacent to an activating group) is 1. The van der Waals surface area contributed by atoms with Crippen LogP contribution < -0.4 is 10.1 Å². The summed E-state index contributed by atoms with van der Waals surface area (Å²) in [7, 11) is 2.08. The molecule has 0 spiro atoms. The van der Waals surface area contributed by atoms with E-state index in [-0.39, 0.29) is 17.9 Å². The van der Waals surface area contributed by atoms with Gasteiger partial charge in [0.2, 0.25) is 5.91 Å². The number of aromatic nitrogens is 2. The van der Waals surface area contributed by atoms with Gasteiger partial charge in [-0.2, -0.15) is 0 Å². The van der Waals surface area contributed by atoms with Crippen molar-refractivity contribution in [1.29, 1.82) is 0 Å². The third-order valence-electron chi connectivity index (χ3n) is 7.22. The predicted molar refractivity (Wildman–Crippen MR) is 145 cm³/mol. The van der Waals surface area contributed by atoms with Crippen molar-refractivity contribution in [1.82, 2.24) is 29.6 Å². The molecule has 9 heteroatoms. The van der Waals surface area contributed by atoms with E-state index in [4.69, 9.17) is 4.74 Å². The van der Waals surface area contributed by atoms with Crippen LogP contribution in [0, 0.1) is 0 Å². The highest BCUT2D eigenvalue weighted by molar-refractivity contribution is 5.94. The summed E-state index contributed by atoms with van der Waals surface area (Å²) in [5.41, 5.74) is 2.89. The van der Waals surface area contributed by atoms with E-state index in [2.05, 4.69) is 39.3 Å². The van der Waals surface area contributed by atoms with E-state index in [1.54, 1.807) is 12.5 Å². The standard InChI is InChI=1S/C29H36N6O3/c1-32(21-25-7-10-28(36)31-25)20-23-3-2-4-27(19-23)38-18-17-33-13-15-34(16-14-33)29(37)24-5-8-26(9-6-24)35-12-11-30-22-35/h2-6,8-9,11-12,19,22,25H,7,10,13-18,20-21H2,1H3,(H,31,36). The van der Waals surface area contributed by atoms with Crippen LogP contribution in [0.15, 0.2) is 67.3 Å². The molecule has 0 radical (unpaired) electrons. The normalized spacial score (nSPS) is 18.1. The van der Waals surface area contributed by atoms with Gasteiger partial charge in [-0.3, -0.25) is 14.5 Å². The highest BCUT2D eigenvalue weighted by atomic mass is 16.5. The Morgan fingerprint density at radius 2 is 1.95 bits per heavy atom. The lowest BCUT2D eigenvalue weighted by molar-refractivity contribution is -0.119. The fourth-order valence-electron chi connectivity index (χ4n) is 5.14. The SMILES string of the molecule is CN(Cc1cccc(OCCN2CCN(C(=O)c3ccc(-n4ccnc4)cc3)CC2)c1)CC1CCC(=O)N1. The van der Waals surface area contributed by atoms with Gasteiger partial charge in [0.05, 0.1) is 6.33 Å². The van der Waals surface area contributed by atoms with Gasteiger partial charge in [0.25, 0.3) is 5.91 Å². The fourth-order valence-corrected chi connectivity index (χ4v) is 5.14. The van der Waals surface area contributed by atoms with Crippen molar-refractivity contribution in [2.75, 3.05) is 52.9 Å². The highest BCUT2D eigenvalue weighted by Gasteiger charge is 2.23. The zero-order valence-corrected chi connectivity index (χ0v) is 22.0. The average molecular weight is 517 g/mol. The van der Waals surface area contributed by atoms with Crippen LogP contribution >= 0.6 is 0 Å². The van der Waals surface area contributed by atoms with Crippen molar-refractivity contribution < 1.29 is 14.3 Å². The van der Waals surface area contributed by atoms with E-state index in [1.165, 1.54) is 5.56 Å². The lowest BCUT2D eigenvalue weighted by Gasteiger charge is -2.34. The zero-order valence-electron chi connectivity index (χ0n) is 22.0. The van der Waals surface area contributed by atoms with Crippen LogP contribution in [0.4, 0.5) is 0 Å². The second-order valence-electron chi connectivity index (χ2n) is 10.1. The second kappa shape index (κ2) is 12.2. The Labute approximate surface area is 224 Å². The Morgan fingerprint density at radius 3 is 2.66 bits per heavy atom. The van der Waals surface area contributed by atoms with Gasteiger partial charge < -0.3 is 24.4 Å². The van der Waals surface area contributed by atoms with Crippen LogP contribution in [0.1, 0.15) is 28.8 Å². The Kier molecular flexibility index (Phi) is 8.35. The maximum Gasteiger partial charge on any atom is 0.253 e. The van der Waals surface area contributed by atoms with Crippen molar-refractivity contribution in [3.63, 3.8) is 0 Å². The maximum atomic E-state index is 13.0. The number of nitrogens with zero attached hydrogens (tertiary/aromatic N) is 5. The number of ether oxygens (including phenoxy) is 1. The molecule has 0 aliphatic carbocycles. The highest BCUT2D eigenvalue weighted by Crippen LogP contribution is 2.17. The van der Waals surface area contributed by atoms with E-state index >= 15 is 0 Å².